The molecule has 3 unspecified atom stereocenters. The van der Waals surface area contributed by atoms with Gasteiger partial charge in [0.1, 0.15) is 0 Å². The molecule has 5 nitrogen and oxygen atoms in total. The minimum Gasteiger partial charge on any atom is -0.391 e. The second-order valence-electron chi connectivity index (χ2n) is 5.03. The van der Waals surface area contributed by atoms with Crippen LogP contribution in [-0.2, 0) is 9.59 Å². The van der Waals surface area contributed by atoms with E-state index in [4.69, 9.17) is 0 Å². The number of hydrogen-bond donors (Lipinski definition) is 3. The summed E-state index contributed by atoms with van der Waals surface area (Å²) in [4.78, 5) is 22.9. The van der Waals surface area contributed by atoms with Crippen LogP contribution in [0.4, 0.5) is 0 Å². The van der Waals surface area contributed by atoms with Gasteiger partial charge in [0.05, 0.1) is 18.1 Å². The minimum absolute atomic E-state index is 0.0634. The number of carbonyl (C=O) groups excluding carboxylic acids is 2. The van der Waals surface area contributed by atoms with Gasteiger partial charge in [0.15, 0.2) is 0 Å². The van der Waals surface area contributed by atoms with Gasteiger partial charge in [-0.15, -0.1) is 0 Å². The summed E-state index contributed by atoms with van der Waals surface area (Å²) in [5.74, 6) is -0.432. The largest absolute Gasteiger partial charge is 0.391 e. The van der Waals surface area contributed by atoms with Crippen molar-refractivity contribution in [1.29, 1.82) is 0 Å². The molecule has 3 N–H and O–H groups in total. The normalized spacial score (nSPS) is 33.9. The number of amides is 2. The maximum absolute atomic E-state index is 11.9. The average Bonchev–Trinajstić information content (AvgIpc) is 2.63. The third-order valence-corrected chi connectivity index (χ3v) is 3.66. The molecule has 3 atom stereocenters. The Morgan fingerprint density at radius 1 is 1.29 bits per heavy atom. The van der Waals surface area contributed by atoms with Crippen LogP contribution < -0.4 is 10.6 Å². The Bertz CT molecular complexity index is 306. The van der Waals surface area contributed by atoms with Crippen LogP contribution in [0, 0.1) is 5.92 Å². The van der Waals surface area contributed by atoms with Crippen molar-refractivity contribution in [3.05, 3.63) is 0 Å². The number of nitrogens with one attached hydrogen (secondary N) is 2. The standard InChI is InChI=1S/C12H20N2O3/c15-10-5-3-1-2-4-9(10)14-12(17)8-6-11(16)13-7-8/h8-10,15H,1-7H2,(H,13,16)(H,14,17). The Morgan fingerprint density at radius 3 is 2.76 bits per heavy atom. The first-order valence-electron chi connectivity index (χ1n) is 6.42. The summed E-state index contributed by atoms with van der Waals surface area (Å²) in [5.41, 5.74) is 0. The second-order valence-corrected chi connectivity index (χ2v) is 5.03. The molecule has 0 bridgehead atoms. The van der Waals surface area contributed by atoms with Crippen molar-refractivity contribution in [2.75, 3.05) is 6.54 Å². The molecule has 2 rings (SSSR count). The van der Waals surface area contributed by atoms with Gasteiger partial charge in [-0.3, -0.25) is 9.59 Å². The quantitative estimate of drug-likeness (QED) is 0.591. The SMILES string of the molecule is O=C1CC(C(=O)NC2CCCCCC2O)CN1. The molecule has 0 radical (unpaired) electrons. The van der Waals surface area contributed by atoms with Crippen molar-refractivity contribution in [2.24, 2.45) is 5.92 Å². The molecule has 1 saturated carbocycles. The van der Waals surface area contributed by atoms with Crippen molar-refractivity contribution in [1.82, 2.24) is 10.6 Å². The lowest BCUT2D eigenvalue weighted by atomic mass is 10.0. The first-order chi connectivity index (χ1) is 8.16. The van der Waals surface area contributed by atoms with E-state index in [0.717, 1.165) is 32.1 Å². The lowest BCUT2D eigenvalue weighted by molar-refractivity contribution is -0.127. The molecular weight excluding hydrogens is 220 g/mol. The first-order valence-corrected chi connectivity index (χ1v) is 6.42. The Morgan fingerprint density at radius 2 is 2.06 bits per heavy atom. The Labute approximate surface area is 101 Å². The van der Waals surface area contributed by atoms with E-state index in [1.54, 1.807) is 0 Å². The maximum Gasteiger partial charge on any atom is 0.225 e. The highest BCUT2D eigenvalue weighted by atomic mass is 16.3. The molecule has 1 aliphatic carbocycles. The van der Waals surface area contributed by atoms with Gasteiger partial charge in [-0.1, -0.05) is 19.3 Å². The van der Waals surface area contributed by atoms with Crippen LogP contribution in [0.2, 0.25) is 0 Å². The van der Waals surface area contributed by atoms with E-state index in [1.807, 2.05) is 0 Å². The molecule has 2 amide bonds. The summed E-state index contributed by atoms with van der Waals surface area (Å²) in [6, 6.07) is -0.138. The molecule has 0 aromatic heterocycles. The monoisotopic (exact) mass is 240 g/mol. The molecule has 96 valence electrons. The van der Waals surface area contributed by atoms with E-state index < -0.39 is 6.10 Å². The topological polar surface area (TPSA) is 78.4 Å². The van der Waals surface area contributed by atoms with E-state index in [9.17, 15) is 14.7 Å². The van der Waals surface area contributed by atoms with Gasteiger partial charge in [0.2, 0.25) is 11.8 Å². The maximum atomic E-state index is 11.9. The van der Waals surface area contributed by atoms with Gasteiger partial charge in [0.25, 0.3) is 0 Å². The van der Waals surface area contributed by atoms with Crippen LogP contribution in [0.1, 0.15) is 38.5 Å². The lowest BCUT2D eigenvalue weighted by Gasteiger charge is -2.23. The fraction of sp³-hybridized carbons (Fsp3) is 0.833. The molecule has 2 aliphatic rings. The fourth-order valence-electron chi connectivity index (χ4n) is 2.55. The zero-order valence-electron chi connectivity index (χ0n) is 9.95. The number of aliphatic hydroxyl groups excluding tert-OH is 1. The Balaban J connectivity index is 1.86. The molecule has 0 aromatic rings. The van der Waals surface area contributed by atoms with E-state index in [-0.39, 0.29) is 30.2 Å². The predicted molar refractivity (Wildman–Crippen MR) is 62.1 cm³/mol. The Hall–Kier alpha value is -1.10. The molecule has 1 aliphatic heterocycles. The highest BCUT2D eigenvalue weighted by molar-refractivity contribution is 5.89. The lowest BCUT2D eigenvalue weighted by Crippen LogP contribution is -2.45. The van der Waals surface area contributed by atoms with Gasteiger partial charge in [0, 0.05) is 13.0 Å². The molecule has 1 heterocycles. The van der Waals surface area contributed by atoms with Crippen molar-refractivity contribution >= 4 is 11.8 Å². The minimum atomic E-state index is -0.438. The molecule has 1 saturated heterocycles. The molecule has 0 spiro atoms. The van der Waals surface area contributed by atoms with Gasteiger partial charge >= 0.3 is 0 Å². The second kappa shape index (κ2) is 5.49. The third kappa shape index (κ3) is 3.19. The predicted octanol–water partition coefficient (Wildman–Crippen LogP) is -0.0677. The van der Waals surface area contributed by atoms with Crippen LogP contribution in [0.3, 0.4) is 0 Å². The zero-order valence-corrected chi connectivity index (χ0v) is 9.95. The van der Waals surface area contributed by atoms with Crippen molar-refractivity contribution in [2.45, 2.75) is 50.7 Å². The number of carbonyl (C=O) groups is 2. The number of rotatable bonds is 2. The Kier molecular flexibility index (Phi) is 3.99. The van der Waals surface area contributed by atoms with E-state index >= 15 is 0 Å². The summed E-state index contributed by atoms with van der Waals surface area (Å²) >= 11 is 0. The van der Waals surface area contributed by atoms with Crippen LogP contribution in [0.15, 0.2) is 0 Å². The van der Waals surface area contributed by atoms with Crippen LogP contribution >= 0.6 is 0 Å². The zero-order chi connectivity index (χ0) is 12.3. The summed E-state index contributed by atoms with van der Waals surface area (Å²) in [6.45, 7) is 0.424. The highest BCUT2D eigenvalue weighted by Crippen LogP contribution is 2.19. The van der Waals surface area contributed by atoms with Gasteiger partial charge in [-0.25, -0.2) is 0 Å². The summed E-state index contributed by atoms with van der Waals surface area (Å²) in [6.07, 6.45) is 4.61. The molecular formula is C12H20N2O3. The van der Waals surface area contributed by atoms with E-state index in [2.05, 4.69) is 10.6 Å². The molecule has 2 fully saturated rings. The van der Waals surface area contributed by atoms with Gasteiger partial charge in [-0.2, -0.15) is 0 Å². The third-order valence-electron chi connectivity index (χ3n) is 3.66. The number of aliphatic hydroxyl groups is 1. The fourth-order valence-corrected chi connectivity index (χ4v) is 2.55. The molecule has 0 aromatic carbocycles. The summed E-state index contributed by atoms with van der Waals surface area (Å²) < 4.78 is 0. The van der Waals surface area contributed by atoms with Crippen LogP contribution in [-0.4, -0.2) is 35.6 Å². The highest BCUT2D eigenvalue weighted by Gasteiger charge is 2.31. The summed E-state index contributed by atoms with van der Waals surface area (Å²) in [5, 5.41) is 15.4. The van der Waals surface area contributed by atoms with Gasteiger partial charge in [-0.05, 0) is 12.8 Å². The number of hydrogen-bond acceptors (Lipinski definition) is 3. The van der Waals surface area contributed by atoms with Crippen LogP contribution in [0.5, 0.6) is 0 Å². The van der Waals surface area contributed by atoms with E-state index in [0.29, 0.717) is 6.54 Å². The van der Waals surface area contributed by atoms with Crippen LogP contribution in [0.25, 0.3) is 0 Å². The van der Waals surface area contributed by atoms with E-state index in [1.165, 1.54) is 0 Å². The van der Waals surface area contributed by atoms with Crippen molar-refractivity contribution in [3.8, 4) is 0 Å². The smallest absolute Gasteiger partial charge is 0.225 e. The van der Waals surface area contributed by atoms with Crippen molar-refractivity contribution < 1.29 is 14.7 Å². The molecule has 17 heavy (non-hydrogen) atoms. The molecule has 5 heteroatoms. The van der Waals surface area contributed by atoms with Crippen molar-refractivity contribution in [3.63, 3.8) is 0 Å². The first kappa shape index (κ1) is 12.4. The summed E-state index contributed by atoms with van der Waals surface area (Å²) in [7, 11) is 0. The average molecular weight is 240 g/mol. The van der Waals surface area contributed by atoms with Gasteiger partial charge < -0.3 is 15.7 Å².